The van der Waals surface area contributed by atoms with Crippen LogP contribution >= 0.6 is 0 Å². The van der Waals surface area contributed by atoms with E-state index in [-0.39, 0.29) is 16.9 Å². The Morgan fingerprint density at radius 2 is 1.82 bits per heavy atom. The summed E-state index contributed by atoms with van der Waals surface area (Å²) >= 11 is 0. The predicted molar refractivity (Wildman–Crippen MR) is 109 cm³/mol. The first-order chi connectivity index (χ1) is 12.9. The fourth-order valence-corrected chi connectivity index (χ4v) is 5.64. The molecule has 3 rings (SSSR count). The van der Waals surface area contributed by atoms with E-state index in [1.165, 1.54) is 0 Å². The van der Waals surface area contributed by atoms with Gasteiger partial charge in [-0.25, -0.2) is 4.79 Å². The monoisotopic (exact) mass is 389 g/mol. The van der Waals surface area contributed by atoms with Crippen molar-refractivity contribution in [1.82, 2.24) is 4.90 Å². The zero-order valence-corrected chi connectivity index (χ0v) is 17.9. The first-order valence-corrected chi connectivity index (χ1v) is 10.3. The van der Waals surface area contributed by atoms with Gasteiger partial charge in [-0.2, -0.15) is 0 Å². The minimum Gasteiger partial charge on any atom is -0.478 e. The third kappa shape index (κ3) is 4.69. The van der Waals surface area contributed by atoms with Gasteiger partial charge < -0.3 is 14.9 Å². The Morgan fingerprint density at radius 1 is 1.18 bits per heavy atom. The first-order valence-electron chi connectivity index (χ1n) is 10.3. The number of nitrogens with zero attached hydrogens (tertiary/aromatic N) is 1. The normalized spacial score (nSPS) is 26.1. The molecule has 1 heterocycles. The number of aliphatic hydroxyl groups excluding tert-OH is 1. The average Bonchev–Trinajstić information content (AvgIpc) is 2.92. The fraction of sp³-hybridized carbons (Fsp3) is 0.696. The molecule has 5 heteroatoms. The van der Waals surface area contributed by atoms with Crippen molar-refractivity contribution in [3.8, 4) is 5.75 Å². The SMILES string of the molecule is Cc1cc(CN2CCC(O)C2)ccc1OC1(C(=O)O)CC(C)(C)CC(C)(C)C1. The average molecular weight is 390 g/mol. The highest BCUT2D eigenvalue weighted by Gasteiger charge is 2.54. The number of carbonyl (C=O) groups is 1. The number of β-amino-alcohol motifs (C(OH)–C–C–N with tert-alkyl or cyclic N) is 1. The van der Waals surface area contributed by atoms with Gasteiger partial charge in [-0.15, -0.1) is 0 Å². The van der Waals surface area contributed by atoms with Gasteiger partial charge in [0.05, 0.1) is 6.10 Å². The molecule has 1 aliphatic heterocycles. The van der Waals surface area contributed by atoms with E-state index in [4.69, 9.17) is 4.74 Å². The maximum atomic E-state index is 12.3. The van der Waals surface area contributed by atoms with Crippen LogP contribution in [0, 0.1) is 17.8 Å². The molecule has 0 radical (unpaired) electrons. The summed E-state index contributed by atoms with van der Waals surface area (Å²) in [6, 6.07) is 6.01. The Morgan fingerprint density at radius 3 is 2.32 bits per heavy atom. The van der Waals surface area contributed by atoms with Gasteiger partial charge >= 0.3 is 5.97 Å². The number of aryl methyl sites for hydroxylation is 1. The molecule has 1 aromatic carbocycles. The zero-order valence-electron chi connectivity index (χ0n) is 17.9. The number of rotatable bonds is 5. The van der Waals surface area contributed by atoms with Crippen LogP contribution < -0.4 is 4.74 Å². The Balaban J connectivity index is 1.81. The summed E-state index contributed by atoms with van der Waals surface area (Å²) in [7, 11) is 0. The van der Waals surface area contributed by atoms with E-state index < -0.39 is 11.6 Å². The number of aliphatic carboxylic acids is 1. The third-order valence-corrected chi connectivity index (χ3v) is 6.07. The van der Waals surface area contributed by atoms with Crippen molar-refractivity contribution in [2.24, 2.45) is 10.8 Å². The van der Waals surface area contributed by atoms with Crippen LogP contribution in [0.4, 0.5) is 0 Å². The van der Waals surface area contributed by atoms with Crippen LogP contribution in [0.2, 0.25) is 0 Å². The van der Waals surface area contributed by atoms with Crippen LogP contribution in [-0.4, -0.2) is 45.9 Å². The van der Waals surface area contributed by atoms with Crippen LogP contribution in [0.15, 0.2) is 18.2 Å². The molecular weight excluding hydrogens is 354 g/mol. The standard InChI is InChI=1S/C23H35NO4/c1-16-10-17(11-24-9-8-18(25)12-24)6-7-19(16)28-23(20(26)27)14-21(2,3)13-22(4,5)15-23/h6-7,10,18,25H,8-9,11-15H2,1-5H3,(H,26,27). The van der Waals surface area contributed by atoms with E-state index in [0.29, 0.717) is 25.1 Å². The third-order valence-electron chi connectivity index (χ3n) is 6.07. The number of benzene rings is 1. The number of hydrogen-bond acceptors (Lipinski definition) is 4. The quantitative estimate of drug-likeness (QED) is 0.797. The van der Waals surface area contributed by atoms with Gasteiger partial charge in [0.25, 0.3) is 0 Å². The molecule has 0 bridgehead atoms. The van der Waals surface area contributed by atoms with Crippen LogP contribution in [0.3, 0.4) is 0 Å². The number of hydrogen-bond donors (Lipinski definition) is 2. The zero-order chi connectivity index (χ0) is 20.7. The largest absolute Gasteiger partial charge is 0.478 e. The van der Waals surface area contributed by atoms with E-state index in [9.17, 15) is 15.0 Å². The molecule has 2 N–H and O–H groups in total. The summed E-state index contributed by atoms with van der Waals surface area (Å²) in [5.41, 5.74) is 0.734. The number of likely N-dealkylation sites (tertiary alicyclic amines) is 1. The molecule has 2 fully saturated rings. The van der Waals surface area contributed by atoms with Crippen LogP contribution in [-0.2, 0) is 11.3 Å². The van der Waals surface area contributed by atoms with Crippen LogP contribution in [0.5, 0.6) is 5.75 Å². The highest BCUT2D eigenvalue weighted by Crippen LogP contribution is 2.51. The molecule has 1 atom stereocenters. The first kappa shape index (κ1) is 21.1. The van der Waals surface area contributed by atoms with E-state index in [2.05, 4.69) is 38.7 Å². The number of aliphatic hydroxyl groups is 1. The number of ether oxygens (including phenoxy) is 1. The molecule has 5 nitrogen and oxygen atoms in total. The molecule has 0 spiro atoms. The number of carboxylic acids is 1. The van der Waals surface area contributed by atoms with Crippen molar-refractivity contribution in [2.45, 2.75) is 78.6 Å². The Hall–Kier alpha value is -1.59. The highest BCUT2D eigenvalue weighted by molar-refractivity contribution is 5.78. The van der Waals surface area contributed by atoms with Gasteiger partial charge in [0.1, 0.15) is 5.75 Å². The molecule has 1 saturated carbocycles. The summed E-state index contributed by atoms with van der Waals surface area (Å²) in [6.45, 7) is 12.9. The van der Waals surface area contributed by atoms with Crippen LogP contribution in [0.25, 0.3) is 0 Å². The lowest BCUT2D eigenvalue weighted by molar-refractivity contribution is -0.168. The fourth-order valence-electron chi connectivity index (χ4n) is 5.64. The van der Waals surface area contributed by atoms with Gasteiger partial charge in [0, 0.05) is 32.5 Å². The summed E-state index contributed by atoms with van der Waals surface area (Å²) in [4.78, 5) is 14.6. The van der Waals surface area contributed by atoms with Gasteiger partial charge in [0.15, 0.2) is 0 Å². The maximum absolute atomic E-state index is 12.3. The lowest BCUT2D eigenvalue weighted by Crippen LogP contribution is -2.55. The van der Waals surface area contributed by atoms with E-state index in [1.807, 2.05) is 19.1 Å². The predicted octanol–water partition coefficient (Wildman–Crippen LogP) is 4.00. The maximum Gasteiger partial charge on any atom is 0.348 e. The molecular formula is C23H35NO4. The number of carboxylic acid groups (broad SMARTS) is 1. The molecule has 1 aliphatic carbocycles. The summed E-state index contributed by atoms with van der Waals surface area (Å²) in [6.07, 6.45) is 2.60. The molecule has 0 aromatic heterocycles. The van der Waals surface area contributed by atoms with Crippen molar-refractivity contribution < 1.29 is 19.7 Å². The Bertz CT molecular complexity index is 724. The minimum absolute atomic E-state index is 0.0927. The van der Waals surface area contributed by atoms with Crippen molar-refractivity contribution in [2.75, 3.05) is 13.1 Å². The summed E-state index contributed by atoms with van der Waals surface area (Å²) in [5, 5.41) is 19.8. The van der Waals surface area contributed by atoms with Gasteiger partial charge in [-0.05, 0) is 47.8 Å². The second-order valence-corrected chi connectivity index (χ2v) is 10.5. The topological polar surface area (TPSA) is 70.0 Å². The second kappa shape index (κ2) is 7.34. The Kier molecular flexibility index (Phi) is 5.54. The second-order valence-electron chi connectivity index (χ2n) is 10.5. The van der Waals surface area contributed by atoms with Gasteiger partial charge in [-0.3, -0.25) is 4.90 Å². The van der Waals surface area contributed by atoms with Crippen LogP contribution in [0.1, 0.15) is 64.5 Å². The smallest absolute Gasteiger partial charge is 0.348 e. The molecule has 1 unspecified atom stereocenters. The van der Waals surface area contributed by atoms with E-state index in [1.54, 1.807) is 0 Å². The molecule has 0 amide bonds. The summed E-state index contributed by atoms with van der Waals surface area (Å²) in [5.74, 6) is -0.219. The Labute approximate surface area is 168 Å². The molecule has 28 heavy (non-hydrogen) atoms. The van der Waals surface area contributed by atoms with Crippen molar-refractivity contribution in [1.29, 1.82) is 0 Å². The van der Waals surface area contributed by atoms with Crippen molar-refractivity contribution in [3.63, 3.8) is 0 Å². The van der Waals surface area contributed by atoms with Gasteiger partial charge in [-0.1, -0.05) is 39.8 Å². The lowest BCUT2D eigenvalue weighted by Gasteiger charge is -2.49. The van der Waals surface area contributed by atoms with Crippen molar-refractivity contribution in [3.05, 3.63) is 29.3 Å². The minimum atomic E-state index is -1.20. The molecule has 156 valence electrons. The van der Waals surface area contributed by atoms with E-state index >= 15 is 0 Å². The molecule has 1 saturated heterocycles. The summed E-state index contributed by atoms with van der Waals surface area (Å²) < 4.78 is 6.30. The highest BCUT2D eigenvalue weighted by atomic mass is 16.5. The molecule has 2 aliphatic rings. The van der Waals surface area contributed by atoms with Crippen molar-refractivity contribution >= 4 is 5.97 Å². The lowest BCUT2D eigenvalue weighted by atomic mass is 9.59. The van der Waals surface area contributed by atoms with Gasteiger partial charge in [0.2, 0.25) is 5.60 Å². The molecule has 1 aromatic rings. The van der Waals surface area contributed by atoms with E-state index in [0.717, 1.165) is 37.1 Å².